The molecule has 7 heteroatoms. The Morgan fingerprint density at radius 1 is 1.35 bits per heavy atom. The maximum Gasteiger partial charge on any atom is 0.232 e. The van der Waals surface area contributed by atoms with E-state index in [0.717, 1.165) is 11.4 Å². The summed E-state index contributed by atoms with van der Waals surface area (Å²) in [4.78, 5) is 15.7. The molecule has 5 nitrogen and oxygen atoms in total. The first-order valence-electron chi connectivity index (χ1n) is 6.27. The molecule has 0 aromatic heterocycles. The lowest BCUT2D eigenvalue weighted by atomic mass is 10.1. The largest absolute Gasteiger partial charge is 0.376 e. The van der Waals surface area contributed by atoms with Crippen LogP contribution < -0.4 is 9.80 Å². The molecule has 0 spiro atoms. The van der Waals surface area contributed by atoms with Gasteiger partial charge in [-0.15, -0.1) is 0 Å². The SMILES string of the molecule is CN(C)c1ccccc1N1CC(CS(=O)(=O)Cl)CC1=O. The number of hydrogen-bond acceptors (Lipinski definition) is 4. The Morgan fingerprint density at radius 2 is 2.00 bits per heavy atom. The smallest absolute Gasteiger partial charge is 0.232 e. The molecule has 1 amide bonds. The van der Waals surface area contributed by atoms with Crippen molar-refractivity contribution in [1.29, 1.82) is 0 Å². The monoisotopic (exact) mass is 316 g/mol. The summed E-state index contributed by atoms with van der Waals surface area (Å²) in [5.74, 6) is -0.481. The van der Waals surface area contributed by atoms with Crippen LogP contribution in [-0.2, 0) is 13.8 Å². The molecule has 1 saturated heterocycles. The average Bonchev–Trinajstić information content (AvgIpc) is 2.67. The molecule has 1 heterocycles. The number of benzene rings is 1. The number of nitrogens with zero attached hydrogens (tertiary/aromatic N) is 2. The highest BCUT2D eigenvalue weighted by molar-refractivity contribution is 8.13. The third-order valence-corrected chi connectivity index (χ3v) is 4.54. The predicted octanol–water partition coefficient (Wildman–Crippen LogP) is 1.67. The molecule has 1 fully saturated rings. The molecule has 1 aliphatic heterocycles. The second-order valence-electron chi connectivity index (χ2n) is 5.16. The van der Waals surface area contributed by atoms with Crippen LogP contribution in [0.15, 0.2) is 24.3 Å². The predicted molar refractivity (Wildman–Crippen MR) is 80.9 cm³/mol. The second-order valence-corrected chi connectivity index (χ2v) is 7.98. The molecular weight excluding hydrogens is 300 g/mol. The van der Waals surface area contributed by atoms with Crippen molar-refractivity contribution in [3.05, 3.63) is 24.3 Å². The Kier molecular flexibility index (Phi) is 4.25. The molecule has 1 aromatic carbocycles. The third kappa shape index (κ3) is 3.43. The van der Waals surface area contributed by atoms with Gasteiger partial charge in [0, 0.05) is 43.7 Å². The van der Waals surface area contributed by atoms with Crippen LogP contribution in [0.25, 0.3) is 0 Å². The number of para-hydroxylation sites is 2. The van der Waals surface area contributed by atoms with Crippen molar-refractivity contribution in [3.8, 4) is 0 Å². The minimum Gasteiger partial charge on any atom is -0.376 e. The molecule has 0 N–H and O–H groups in total. The third-order valence-electron chi connectivity index (χ3n) is 3.29. The summed E-state index contributed by atoms with van der Waals surface area (Å²) in [6.07, 6.45) is 0.216. The van der Waals surface area contributed by atoms with Gasteiger partial charge in [0.2, 0.25) is 15.0 Å². The van der Waals surface area contributed by atoms with Crippen molar-refractivity contribution >= 4 is 37.0 Å². The van der Waals surface area contributed by atoms with Gasteiger partial charge >= 0.3 is 0 Å². The second kappa shape index (κ2) is 5.61. The van der Waals surface area contributed by atoms with E-state index in [0.29, 0.717) is 6.54 Å². The molecule has 110 valence electrons. The summed E-state index contributed by atoms with van der Waals surface area (Å²) in [6.45, 7) is 0.385. The topological polar surface area (TPSA) is 57.7 Å². The van der Waals surface area contributed by atoms with Crippen LogP contribution in [0.3, 0.4) is 0 Å². The van der Waals surface area contributed by atoms with Gasteiger partial charge in [0.05, 0.1) is 17.1 Å². The molecule has 1 atom stereocenters. The van der Waals surface area contributed by atoms with Crippen LogP contribution in [-0.4, -0.2) is 40.7 Å². The highest BCUT2D eigenvalue weighted by atomic mass is 35.7. The summed E-state index contributed by atoms with van der Waals surface area (Å²) in [7, 11) is 5.50. The van der Waals surface area contributed by atoms with E-state index in [9.17, 15) is 13.2 Å². The maximum atomic E-state index is 12.1. The normalized spacial score (nSPS) is 19.4. The van der Waals surface area contributed by atoms with Crippen molar-refractivity contribution in [1.82, 2.24) is 0 Å². The van der Waals surface area contributed by atoms with Gasteiger partial charge in [0.1, 0.15) is 0 Å². The van der Waals surface area contributed by atoms with Crippen LogP contribution in [0.2, 0.25) is 0 Å². The molecule has 2 rings (SSSR count). The molecule has 20 heavy (non-hydrogen) atoms. The zero-order valence-electron chi connectivity index (χ0n) is 11.4. The zero-order valence-corrected chi connectivity index (χ0v) is 13.0. The molecule has 1 aliphatic rings. The van der Waals surface area contributed by atoms with Crippen molar-refractivity contribution in [3.63, 3.8) is 0 Å². The van der Waals surface area contributed by atoms with Crippen molar-refractivity contribution in [2.75, 3.05) is 36.2 Å². The van der Waals surface area contributed by atoms with Crippen LogP contribution in [0.1, 0.15) is 6.42 Å². The van der Waals surface area contributed by atoms with Crippen LogP contribution >= 0.6 is 10.7 Å². The average molecular weight is 317 g/mol. The Balaban J connectivity index is 2.24. The Morgan fingerprint density at radius 3 is 2.60 bits per heavy atom. The van der Waals surface area contributed by atoms with E-state index in [4.69, 9.17) is 10.7 Å². The van der Waals surface area contributed by atoms with Crippen molar-refractivity contribution in [2.24, 2.45) is 5.92 Å². The lowest BCUT2D eigenvalue weighted by Crippen LogP contribution is -2.27. The number of carbonyl (C=O) groups is 1. The molecule has 0 bridgehead atoms. The highest BCUT2D eigenvalue weighted by Gasteiger charge is 2.34. The van der Waals surface area contributed by atoms with E-state index >= 15 is 0 Å². The summed E-state index contributed by atoms with van der Waals surface area (Å²) in [5, 5.41) is 0. The molecule has 1 aromatic rings. The molecule has 0 aliphatic carbocycles. The number of anilines is 2. The number of hydrogen-bond donors (Lipinski definition) is 0. The quantitative estimate of drug-likeness (QED) is 0.793. The van der Waals surface area contributed by atoms with Crippen molar-refractivity contribution < 1.29 is 13.2 Å². The fourth-order valence-electron chi connectivity index (χ4n) is 2.48. The van der Waals surface area contributed by atoms with Gasteiger partial charge in [0.25, 0.3) is 0 Å². The van der Waals surface area contributed by atoms with Gasteiger partial charge in [-0.05, 0) is 12.1 Å². The number of rotatable bonds is 4. The molecule has 0 radical (unpaired) electrons. The first-order valence-corrected chi connectivity index (χ1v) is 8.75. The molecular formula is C13H17ClN2O3S. The van der Waals surface area contributed by atoms with Gasteiger partial charge in [0.15, 0.2) is 0 Å². The Hall–Kier alpha value is -1.27. The Bertz CT molecular complexity index is 616. The summed E-state index contributed by atoms with van der Waals surface area (Å²) >= 11 is 0. The van der Waals surface area contributed by atoms with Gasteiger partial charge in [-0.3, -0.25) is 4.79 Å². The van der Waals surface area contributed by atoms with Crippen LogP contribution in [0, 0.1) is 5.92 Å². The first kappa shape index (κ1) is 15.1. The van der Waals surface area contributed by atoms with E-state index in [1.165, 1.54) is 0 Å². The first-order chi connectivity index (χ1) is 9.28. The molecule has 1 unspecified atom stereocenters. The lowest BCUT2D eigenvalue weighted by Gasteiger charge is -2.24. The zero-order chi connectivity index (χ0) is 14.9. The highest BCUT2D eigenvalue weighted by Crippen LogP contribution is 2.33. The standard InChI is InChI=1S/C13H17ClN2O3S/c1-15(2)11-5-3-4-6-12(11)16-8-10(7-13(16)17)9-20(14,18)19/h3-6,10H,7-9H2,1-2H3. The fraction of sp³-hybridized carbons (Fsp3) is 0.462. The van der Waals surface area contributed by atoms with Crippen LogP contribution in [0.5, 0.6) is 0 Å². The Labute approximate surface area is 123 Å². The minimum atomic E-state index is -3.58. The number of carbonyl (C=O) groups excluding carboxylic acids is 1. The summed E-state index contributed by atoms with van der Waals surface area (Å²) in [6, 6.07) is 7.56. The van der Waals surface area contributed by atoms with E-state index in [1.807, 2.05) is 43.3 Å². The molecule has 0 saturated carbocycles. The minimum absolute atomic E-state index is 0.0652. The van der Waals surface area contributed by atoms with E-state index in [2.05, 4.69) is 0 Å². The summed E-state index contributed by atoms with van der Waals surface area (Å²) < 4.78 is 22.3. The van der Waals surface area contributed by atoms with E-state index < -0.39 is 9.05 Å². The van der Waals surface area contributed by atoms with Gasteiger partial charge in [-0.1, -0.05) is 12.1 Å². The van der Waals surface area contributed by atoms with E-state index in [-0.39, 0.29) is 24.0 Å². The number of halogens is 1. The van der Waals surface area contributed by atoms with Gasteiger partial charge < -0.3 is 9.80 Å². The van der Waals surface area contributed by atoms with Crippen LogP contribution in [0.4, 0.5) is 11.4 Å². The number of amides is 1. The van der Waals surface area contributed by atoms with E-state index in [1.54, 1.807) is 4.90 Å². The van der Waals surface area contributed by atoms with Gasteiger partial charge in [-0.2, -0.15) is 0 Å². The maximum absolute atomic E-state index is 12.1. The van der Waals surface area contributed by atoms with Gasteiger partial charge in [-0.25, -0.2) is 8.42 Å². The lowest BCUT2D eigenvalue weighted by molar-refractivity contribution is -0.117. The summed E-state index contributed by atoms with van der Waals surface area (Å²) in [5.41, 5.74) is 1.73. The van der Waals surface area contributed by atoms with Crippen molar-refractivity contribution in [2.45, 2.75) is 6.42 Å². The fourth-order valence-corrected chi connectivity index (χ4v) is 3.80.